The quantitative estimate of drug-likeness (QED) is 0.917. The topological polar surface area (TPSA) is 42.7 Å². The highest BCUT2D eigenvalue weighted by Crippen LogP contribution is 2.23. The molecule has 2 heterocycles. The smallest absolute Gasteiger partial charge is 0.136 e. The first-order valence-corrected chi connectivity index (χ1v) is 6.66. The zero-order valence-corrected chi connectivity index (χ0v) is 10.7. The number of hydrogen-bond acceptors (Lipinski definition) is 3. The Balaban J connectivity index is 1.77. The molecule has 1 aliphatic rings. The van der Waals surface area contributed by atoms with Gasteiger partial charge < -0.3 is 9.88 Å². The number of aromatic nitrogens is 3. The monoisotopic (exact) mass is 260 g/mol. The van der Waals surface area contributed by atoms with Crippen LogP contribution in [0, 0.1) is 5.82 Å². The molecule has 1 aromatic heterocycles. The summed E-state index contributed by atoms with van der Waals surface area (Å²) in [5.41, 5.74) is 1.07. The van der Waals surface area contributed by atoms with Gasteiger partial charge in [-0.25, -0.2) is 4.39 Å². The fraction of sp³-hybridized carbons (Fsp3) is 0.429. The van der Waals surface area contributed by atoms with E-state index in [1.807, 2.05) is 12.1 Å². The van der Waals surface area contributed by atoms with Gasteiger partial charge in [0.25, 0.3) is 0 Å². The van der Waals surface area contributed by atoms with Crippen LogP contribution < -0.4 is 5.32 Å². The number of halogens is 1. The molecule has 3 rings (SSSR count). The highest BCUT2D eigenvalue weighted by molar-refractivity contribution is 5.17. The van der Waals surface area contributed by atoms with Gasteiger partial charge in [0.2, 0.25) is 0 Å². The average molecular weight is 260 g/mol. The van der Waals surface area contributed by atoms with E-state index in [0.29, 0.717) is 12.5 Å². The van der Waals surface area contributed by atoms with E-state index in [1.165, 1.54) is 12.1 Å². The van der Waals surface area contributed by atoms with Crippen LogP contribution in [0.25, 0.3) is 0 Å². The van der Waals surface area contributed by atoms with Gasteiger partial charge in [-0.2, -0.15) is 0 Å². The molecule has 1 aromatic carbocycles. The predicted molar refractivity (Wildman–Crippen MR) is 70.4 cm³/mol. The van der Waals surface area contributed by atoms with Crippen molar-refractivity contribution in [1.29, 1.82) is 0 Å². The lowest BCUT2D eigenvalue weighted by atomic mass is 9.97. The third-order valence-electron chi connectivity index (χ3n) is 3.62. The summed E-state index contributed by atoms with van der Waals surface area (Å²) in [4.78, 5) is 0. The van der Waals surface area contributed by atoms with Crippen molar-refractivity contribution in [2.75, 3.05) is 13.1 Å². The molecule has 4 nitrogen and oxygen atoms in total. The lowest BCUT2D eigenvalue weighted by Gasteiger charge is -2.22. The van der Waals surface area contributed by atoms with Crippen molar-refractivity contribution in [1.82, 2.24) is 20.1 Å². The van der Waals surface area contributed by atoms with Gasteiger partial charge in [0.15, 0.2) is 0 Å². The molecule has 0 bridgehead atoms. The van der Waals surface area contributed by atoms with Gasteiger partial charge in [-0.1, -0.05) is 12.1 Å². The summed E-state index contributed by atoms with van der Waals surface area (Å²) in [6.45, 7) is 2.77. The second-order valence-electron chi connectivity index (χ2n) is 4.97. The summed E-state index contributed by atoms with van der Waals surface area (Å²) in [5, 5.41) is 11.6. The van der Waals surface area contributed by atoms with Crippen LogP contribution in [-0.4, -0.2) is 27.9 Å². The predicted octanol–water partition coefficient (Wildman–Crippen LogP) is 1.93. The lowest BCUT2D eigenvalue weighted by molar-refractivity contribution is 0.433. The van der Waals surface area contributed by atoms with Crippen LogP contribution in [-0.2, 0) is 6.54 Å². The highest BCUT2D eigenvalue weighted by atomic mass is 19.1. The van der Waals surface area contributed by atoms with Crippen molar-refractivity contribution < 1.29 is 4.39 Å². The number of nitrogens with zero attached hydrogens (tertiary/aromatic N) is 3. The molecule has 5 heteroatoms. The number of piperidine rings is 1. The summed E-state index contributed by atoms with van der Waals surface area (Å²) < 4.78 is 15.0. The van der Waals surface area contributed by atoms with Gasteiger partial charge >= 0.3 is 0 Å². The maximum absolute atomic E-state index is 12.9. The molecule has 0 unspecified atom stereocenters. The van der Waals surface area contributed by atoms with Crippen LogP contribution in [0.1, 0.15) is 30.1 Å². The van der Waals surface area contributed by atoms with Gasteiger partial charge in [-0.3, -0.25) is 0 Å². The maximum atomic E-state index is 12.9. The summed E-state index contributed by atoms with van der Waals surface area (Å²) in [7, 11) is 0. The van der Waals surface area contributed by atoms with Gasteiger partial charge in [0, 0.05) is 5.92 Å². The van der Waals surface area contributed by atoms with Crippen LogP contribution in [0.2, 0.25) is 0 Å². The second kappa shape index (κ2) is 5.48. The fourth-order valence-electron chi connectivity index (χ4n) is 2.57. The number of benzene rings is 1. The second-order valence-corrected chi connectivity index (χ2v) is 4.97. The fourth-order valence-corrected chi connectivity index (χ4v) is 2.57. The normalized spacial score (nSPS) is 16.7. The van der Waals surface area contributed by atoms with Gasteiger partial charge in [0.1, 0.15) is 18.0 Å². The van der Waals surface area contributed by atoms with E-state index < -0.39 is 0 Å². The summed E-state index contributed by atoms with van der Waals surface area (Å²) in [6.07, 6.45) is 3.96. The Morgan fingerprint density at radius 3 is 2.68 bits per heavy atom. The molecule has 1 saturated heterocycles. The van der Waals surface area contributed by atoms with Gasteiger partial charge in [-0.05, 0) is 43.6 Å². The largest absolute Gasteiger partial charge is 0.317 e. The van der Waals surface area contributed by atoms with Crippen LogP contribution in [0.4, 0.5) is 4.39 Å². The minimum Gasteiger partial charge on any atom is -0.317 e. The third-order valence-corrected chi connectivity index (χ3v) is 3.62. The molecular formula is C14H17FN4. The first-order valence-electron chi connectivity index (χ1n) is 6.66. The highest BCUT2D eigenvalue weighted by Gasteiger charge is 2.20. The molecule has 1 fully saturated rings. The number of hydrogen-bond donors (Lipinski definition) is 1. The molecule has 0 amide bonds. The van der Waals surface area contributed by atoms with Crippen molar-refractivity contribution in [2.24, 2.45) is 0 Å². The molecular weight excluding hydrogens is 243 g/mol. The molecule has 0 saturated carbocycles. The molecule has 0 atom stereocenters. The van der Waals surface area contributed by atoms with Crippen LogP contribution >= 0.6 is 0 Å². The van der Waals surface area contributed by atoms with Crippen LogP contribution in [0.5, 0.6) is 0 Å². The first kappa shape index (κ1) is 12.3. The third kappa shape index (κ3) is 2.81. The van der Waals surface area contributed by atoms with Gasteiger partial charge in [0.05, 0.1) is 6.54 Å². The van der Waals surface area contributed by atoms with Gasteiger partial charge in [-0.15, -0.1) is 10.2 Å². The molecule has 1 aliphatic heterocycles. The number of rotatable bonds is 3. The summed E-state index contributed by atoms with van der Waals surface area (Å²) in [5.74, 6) is 1.32. The Bertz CT molecular complexity index is 529. The van der Waals surface area contributed by atoms with Crippen molar-refractivity contribution in [2.45, 2.75) is 25.3 Å². The van der Waals surface area contributed by atoms with E-state index in [1.54, 1.807) is 6.33 Å². The van der Waals surface area contributed by atoms with Crippen molar-refractivity contribution in [3.63, 3.8) is 0 Å². The molecule has 0 aliphatic carbocycles. The van der Waals surface area contributed by atoms with Crippen molar-refractivity contribution in [3.05, 3.63) is 47.8 Å². The molecule has 0 spiro atoms. The van der Waals surface area contributed by atoms with E-state index >= 15 is 0 Å². The Labute approximate surface area is 111 Å². The molecule has 19 heavy (non-hydrogen) atoms. The molecule has 0 radical (unpaired) electrons. The van der Waals surface area contributed by atoms with Crippen LogP contribution in [0.15, 0.2) is 30.6 Å². The average Bonchev–Trinajstić information content (AvgIpc) is 2.90. The lowest BCUT2D eigenvalue weighted by Crippen LogP contribution is -2.28. The molecule has 100 valence electrons. The van der Waals surface area contributed by atoms with E-state index in [-0.39, 0.29) is 5.82 Å². The SMILES string of the molecule is Fc1ccc(Cn2cnnc2C2CCNCC2)cc1. The Hall–Kier alpha value is -1.75. The standard InChI is InChI=1S/C14H17FN4/c15-13-3-1-11(2-4-13)9-19-10-17-18-14(19)12-5-7-16-8-6-12/h1-4,10,12,16H,5-9H2. The first-order chi connectivity index (χ1) is 9.33. The molecule has 2 aromatic rings. The number of nitrogens with one attached hydrogen (secondary N) is 1. The van der Waals surface area contributed by atoms with Crippen molar-refractivity contribution >= 4 is 0 Å². The molecule has 1 N–H and O–H groups in total. The van der Waals surface area contributed by atoms with E-state index in [9.17, 15) is 4.39 Å². The van der Waals surface area contributed by atoms with Crippen molar-refractivity contribution in [3.8, 4) is 0 Å². The zero-order chi connectivity index (χ0) is 13.1. The Morgan fingerprint density at radius 1 is 1.21 bits per heavy atom. The Morgan fingerprint density at radius 2 is 1.95 bits per heavy atom. The van der Waals surface area contributed by atoms with E-state index in [4.69, 9.17) is 0 Å². The Kier molecular flexibility index (Phi) is 3.55. The summed E-state index contributed by atoms with van der Waals surface area (Å²) in [6, 6.07) is 6.59. The van der Waals surface area contributed by atoms with E-state index in [0.717, 1.165) is 37.3 Å². The van der Waals surface area contributed by atoms with Crippen LogP contribution in [0.3, 0.4) is 0 Å². The maximum Gasteiger partial charge on any atom is 0.136 e. The zero-order valence-electron chi connectivity index (χ0n) is 10.7. The summed E-state index contributed by atoms with van der Waals surface area (Å²) >= 11 is 0. The minimum atomic E-state index is -0.203. The minimum absolute atomic E-state index is 0.203. The van der Waals surface area contributed by atoms with E-state index in [2.05, 4.69) is 20.1 Å².